The SMILES string of the molecule is Cc1cc(-c2[c-]cccc2)ncc1[Si](C)(C)C.[2H]C([2H])(c1ccc([Si](C)(C)C)cc1)c1ccnc(-c2[c-]ccc3c2sc2cc(-c4cccc(F)c4)ccc23)c1.[Ir]. The Bertz CT molecular complexity index is 2670. The van der Waals surface area contributed by atoms with Crippen LogP contribution in [0, 0.1) is 24.9 Å². The first-order valence-electron chi connectivity index (χ1n) is 19.2. The van der Waals surface area contributed by atoms with E-state index >= 15 is 0 Å². The first-order valence-corrected chi connectivity index (χ1v) is 26.1. The second kappa shape index (κ2) is 16.8. The number of halogens is 1. The molecule has 2 nitrogen and oxygen atoms in total. The van der Waals surface area contributed by atoms with E-state index in [4.69, 9.17) is 2.74 Å². The summed E-state index contributed by atoms with van der Waals surface area (Å²) in [6.07, 6.45) is 2.07. The molecule has 0 saturated carbocycles. The molecule has 0 bridgehead atoms. The maximum absolute atomic E-state index is 13.8. The Labute approximate surface area is 347 Å². The Morgan fingerprint density at radius 1 is 0.691 bits per heavy atom. The van der Waals surface area contributed by atoms with Gasteiger partial charge in [0.25, 0.3) is 0 Å². The molecule has 279 valence electrons. The van der Waals surface area contributed by atoms with E-state index in [1.54, 1.807) is 35.7 Å². The minimum absolute atomic E-state index is 0. The molecular formula is C48H45FIrN2SSi2-2. The molecule has 3 aromatic heterocycles. The molecule has 3 heterocycles. The van der Waals surface area contributed by atoms with Crippen molar-refractivity contribution in [2.75, 3.05) is 0 Å². The minimum atomic E-state index is -1.66. The fourth-order valence-electron chi connectivity index (χ4n) is 6.69. The molecule has 0 N–H and O–H groups in total. The van der Waals surface area contributed by atoms with Crippen molar-refractivity contribution in [2.24, 2.45) is 0 Å². The quantitative estimate of drug-likeness (QED) is 0.118. The average molecular weight is 951 g/mol. The molecule has 0 atom stereocenters. The van der Waals surface area contributed by atoms with Crippen LogP contribution in [0.15, 0.2) is 134 Å². The average Bonchev–Trinajstić information content (AvgIpc) is 3.56. The van der Waals surface area contributed by atoms with Gasteiger partial charge in [0.1, 0.15) is 5.82 Å². The van der Waals surface area contributed by atoms with Crippen molar-refractivity contribution in [3.05, 3.63) is 168 Å². The summed E-state index contributed by atoms with van der Waals surface area (Å²) in [5.41, 5.74) is 7.99. The normalized spacial score (nSPS) is 12.4. The van der Waals surface area contributed by atoms with Gasteiger partial charge in [-0.05, 0) is 86.5 Å². The van der Waals surface area contributed by atoms with E-state index in [1.807, 2.05) is 54.6 Å². The molecule has 0 unspecified atom stereocenters. The van der Waals surface area contributed by atoms with Gasteiger partial charge in [-0.15, -0.1) is 59.7 Å². The molecule has 0 saturated heterocycles. The maximum Gasteiger partial charge on any atom is 0.123 e. The summed E-state index contributed by atoms with van der Waals surface area (Å²) in [5.74, 6) is -0.251. The van der Waals surface area contributed by atoms with Gasteiger partial charge < -0.3 is 9.97 Å². The minimum Gasteiger partial charge on any atom is -0.305 e. The third kappa shape index (κ3) is 9.37. The summed E-state index contributed by atoms with van der Waals surface area (Å²) in [6.45, 7) is 16.1. The van der Waals surface area contributed by atoms with Crippen molar-refractivity contribution in [3.8, 4) is 33.6 Å². The van der Waals surface area contributed by atoms with E-state index in [0.717, 1.165) is 48.1 Å². The van der Waals surface area contributed by atoms with Gasteiger partial charge in [-0.2, -0.15) is 11.3 Å². The van der Waals surface area contributed by atoms with E-state index in [1.165, 1.54) is 22.0 Å². The largest absolute Gasteiger partial charge is 0.305 e. The molecule has 0 spiro atoms. The van der Waals surface area contributed by atoms with Gasteiger partial charge in [-0.25, -0.2) is 4.39 Å². The van der Waals surface area contributed by atoms with Crippen molar-refractivity contribution >= 4 is 58.0 Å². The molecule has 5 aromatic carbocycles. The van der Waals surface area contributed by atoms with Crippen LogP contribution in [0.4, 0.5) is 4.39 Å². The van der Waals surface area contributed by atoms with Gasteiger partial charge in [0.2, 0.25) is 0 Å². The number of benzene rings is 5. The number of hydrogen-bond donors (Lipinski definition) is 0. The third-order valence-electron chi connectivity index (χ3n) is 9.55. The summed E-state index contributed by atoms with van der Waals surface area (Å²) in [7, 11) is -2.74. The zero-order chi connectivity index (χ0) is 39.8. The molecule has 1 radical (unpaired) electrons. The second-order valence-corrected chi connectivity index (χ2v) is 26.9. The van der Waals surface area contributed by atoms with Gasteiger partial charge in [-0.1, -0.05) is 116 Å². The van der Waals surface area contributed by atoms with E-state index in [9.17, 15) is 4.39 Å². The molecule has 8 rings (SSSR count). The molecular weight excluding hydrogens is 904 g/mol. The van der Waals surface area contributed by atoms with Gasteiger partial charge in [0, 0.05) is 39.9 Å². The number of rotatable bonds is 7. The number of aromatic nitrogens is 2. The van der Waals surface area contributed by atoms with Crippen LogP contribution < -0.4 is 10.4 Å². The first kappa shape index (κ1) is 37.6. The molecule has 0 aliphatic heterocycles. The number of hydrogen-bond acceptors (Lipinski definition) is 3. The Morgan fingerprint density at radius 3 is 2.16 bits per heavy atom. The number of nitrogens with zero attached hydrogens (tertiary/aromatic N) is 2. The fraction of sp³-hybridized carbons (Fsp3) is 0.167. The predicted octanol–water partition coefficient (Wildman–Crippen LogP) is 12.3. The standard InChI is InChI=1S/C33H27FNSSi.C15H18NSi.Ir/c1-37(2,3)27-13-10-22(11-14-27)18-23-16-17-35-31(19-23)30-9-5-8-29-28-15-12-25(21-32(28)36-33(29)30)24-6-4-7-26(34)20-24;1-12-10-14(13-8-6-5-7-9-13)16-11-15(12)17(2,3)4;/h4-8,10-17,19-21H,18H2,1-3H3;5-8,10-11H,1-4H3;/q2*-1;/i18D2;;. The molecule has 0 aliphatic carbocycles. The van der Waals surface area contributed by atoms with Crippen LogP contribution >= 0.6 is 11.3 Å². The van der Waals surface area contributed by atoms with Crippen LogP contribution in [-0.2, 0) is 26.5 Å². The number of thiophene rings is 1. The van der Waals surface area contributed by atoms with Crippen LogP contribution in [0.1, 0.15) is 19.4 Å². The van der Waals surface area contributed by atoms with E-state index in [2.05, 4.69) is 117 Å². The molecule has 0 aliphatic rings. The third-order valence-corrected chi connectivity index (χ3v) is 14.9. The van der Waals surface area contributed by atoms with E-state index in [0.29, 0.717) is 16.8 Å². The van der Waals surface area contributed by atoms with Crippen LogP contribution in [0.5, 0.6) is 0 Å². The summed E-state index contributed by atoms with van der Waals surface area (Å²) < 4.78 is 33.9. The van der Waals surface area contributed by atoms with Crippen LogP contribution in [-0.4, -0.2) is 26.1 Å². The van der Waals surface area contributed by atoms with Crippen molar-refractivity contribution < 1.29 is 27.2 Å². The van der Waals surface area contributed by atoms with Crippen molar-refractivity contribution in [3.63, 3.8) is 0 Å². The van der Waals surface area contributed by atoms with Gasteiger partial charge in [0.15, 0.2) is 0 Å². The van der Waals surface area contributed by atoms with E-state index in [-0.39, 0.29) is 25.9 Å². The first-order chi connectivity index (χ1) is 26.6. The summed E-state index contributed by atoms with van der Waals surface area (Å²) >= 11 is 1.65. The Morgan fingerprint density at radius 2 is 1.47 bits per heavy atom. The molecule has 0 amide bonds. The van der Waals surface area contributed by atoms with Crippen molar-refractivity contribution in [2.45, 2.75) is 52.6 Å². The monoisotopic (exact) mass is 951 g/mol. The smallest absolute Gasteiger partial charge is 0.123 e. The topological polar surface area (TPSA) is 25.8 Å². The van der Waals surface area contributed by atoms with Gasteiger partial charge in [-0.3, -0.25) is 0 Å². The van der Waals surface area contributed by atoms with Gasteiger partial charge >= 0.3 is 0 Å². The van der Waals surface area contributed by atoms with E-state index < -0.39 is 22.5 Å². The zero-order valence-corrected chi connectivity index (χ0v) is 37.4. The number of fused-ring (bicyclic) bond motifs is 3. The predicted molar refractivity (Wildman–Crippen MR) is 235 cm³/mol. The Balaban J connectivity index is 0.000000256. The molecule has 7 heteroatoms. The summed E-state index contributed by atoms with van der Waals surface area (Å²) in [6, 6.07) is 45.2. The van der Waals surface area contributed by atoms with Crippen LogP contribution in [0.3, 0.4) is 0 Å². The molecule has 55 heavy (non-hydrogen) atoms. The van der Waals surface area contributed by atoms with Crippen LogP contribution in [0.2, 0.25) is 39.3 Å². The zero-order valence-electron chi connectivity index (χ0n) is 34.2. The summed E-state index contributed by atoms with van der Waals surface area (Å²) in [4.78, 5) is 9.21. The van der Waals surface area contributed by atoms with Gasteiger partial charge in [0.05, 0.1) is 16.1 Å². The Hall–Kier alpha value is -4.37. The Kier molecular flexibility index (Phi) is 11.5. The number of pyridine rings is 2. The second-order valence-electron chi connectivity index (χ2n) is 15.7. The van der Waals surface area contributed by atoms with Crippen LogP contribution in [0.25, 0.3) is 53.8 Å². The van der Waals surface area contributed by atoms with Crippen molar-refractivity contribution in [1.29, 1.82) is 0 Å². The van der Waals surface area contributed by atoms with Crippen molar-refractivity contribution in [1.82, 2.24) is 9.97 Å². The molecule has 0 fully saturated rings. The molecule has 8 aromatic rings. The maximum atomic E-state index is 13.8. The summed E-state index contributed by atoms with van der Waals surface area (Å²) in [5, 5.41) is 4.98. The number of aryl methyl sites for hydroxylation is 1. The fourth-order valence-corrected chi connectivity index (χ4v) is 10.8.